The van der Waals surface area contributed by atoms with E-state index in [1.54, 1.807) is 4.90 Å². The second kappa shape index (κ2) is 7.84. The molecule has 114 valence electrons. The van der Waals surface area contributed by atoms with Crippen LogP contribution in [0, 0.1) is 0 Å². The Labute approximate surface area is 125 Å². The van der Waals surface area contributed by atoms with E-state index in [4.69, 9.17) is 10.2 Å². The number of furan rings is 1. The van der Waals surface area contributed by atoms with Gasteiger partial charge in [0, 0.05) is 18.9 Å². The SMILES string of the molecule is CN(Cc1cc2ccccc2o1)C(=O)CCCCCCN. The van der Waals surface area contributed by atoms with Crippen molar-refractivity contribution in [3.8, 4) is 0 Å². The summed E-state index contributed by atoms with van der Waals surface area (Å²) < 4.78 is 5.74. The van der Waals surface area contributed by atoms with Gasteiger partial charge in [0.2, 0.25) is 5.91 Å². The molecule has 0 bridgehead atoms. The molecule has 0 fully saturated rings. The van der Waals surface area contributed by atoms with Gasteiger partial charge < -0.3 is 15.1 Å². The van der Waals surface area contributed by atoms with Crippen molar-refractivity contribution in [2.45, 2.75) is 38.6 Å². The van der Waals surface area contributed by atoms with Gasteiger partial charge in [-0.25, -0.2) is 0 Å². The fourth-order valence-corrected chi connectivity index (χ4v) is 2.40. The van der Waals surface area contributed by atoms with Gasteiger partial charge in [-0.3, -0.25) is 4.79 Å². The van der Waals surface area contributed by atoms with E-state index in [1.807, 2.05) is 37.4 Å². The molecule has 1 aromatic carbocycles. The second-order valence-electron chi connectivity index (χ2n) is 5.45. The molecule has 2 N–H and O–H groups in total. The van der Waals surface area contributed by atoms with Crippen molar-refractivity contribution < 1.29 is 9.21 Å². The molecule has 2 rings (SSSR count). The largest absolute Gasteiger partial charge is 0.459 e. The van der Waals surface area contributed by atoms with Crippen LogP contribution in [0.5, 0.6) is 0 Å². The quantitative estimate of drug-likeness (QED) is 0.758. The highest BCUT2D eigenvalue weighted by Crippen LogP contribution is 2.20. The first-order chi connectivity index (χ1) is 10.2. The number of carbonyl (C=O) groups excluding carboxylic acids is 1. The van der Waals surface area contributed by atoms with Crippen LogP contribution in [0.3, 0.4) is 0 Å². The number of amides is 1. The van der Waals surface area contributed by atoms with E-state index in [0.717, 1.165) is 49.0 Å². The molecule has 0 aliphatic rings. The summed E-state index contributed by atoms with van der Waals surface area (Å²) in [5, 5.41) is 1.08. The Hall–Kier alpha value is -1.81. The molecule has 1 heterocycles. The highest BCUT2D eigenvalue weighted by molar-refractivity contribution is 5.78. The van der Waals surface area contributed by atoms with Crippen molar-refractivity contribution >= 4 is 16.9 Å². The predicted octanol–water partition coefficient (Wildman–Crippen LogP) is 3.30. The molecule has 0 atom stereocenters. The molecule has 21 heavy (non-hydrogen) atoms. The number of hydrogen-bond donors (Lipinski definition) is 1. The highest BCUT2D eigenvalue weighted by atomic mass is 16.3. The monoisotopic (exact) mass is 288 g/mol. The minimum absolute atomic E-state index is 0.170. The van der Waals surface area contributed by atoms with Gasteiger partial charge in [-0.15, -0.1) is 0 Å². The van der Waals surface area contributed by atoms with Crippen LogP contribution in [-0.2, 0) is 11.3 Å². The van der Waals surface area contributed by atoms with Gasteiger partial charge in [0.25, 0.3) is 0 Å². The van der Waals surface area contributed by atoms with Crippen LogP contribution in [0.15, 0.2) is 34.7 Å². The smallest absolute Gasteiger partial charge is 0.222 e. The first kappa shape index (κ1) is 15.6. The summed E-state index contributed by atoms with van der Waals surface area (Å²) in [6.07, 6.45) is 4.76. The fraction of sp³-hybridized carbons (Fsp3) is 0.471. The molecule has 2 aromatic rings. The van der Waals surface area contributed by atoms with Gasteiger partial charge in [-0.05, 0) is 31.5 Å². The molecular formula is C17H24N2O2. The summed E-state index contributed by atoms with van der Waals surface area (Å²) in [4.78, 5) is 13.8. The zero-order chi connectivity index (χ0) is 15.1. The molecule has 0 aliphatic heterocycles. The summed E-state index contributed by atoms with van der Waals surface area (Å²) >= 11 is 0. The minimum Gasteiger partial charge on any atom is -0.459 e. The number of rotatable bonds is 8. The maximum atomic E-state index is 12.1. The van der Waals surface area contributed by atoms with Gasteiger partial charge in [0.05, 0.1) is 6.54 Å². The van der Waals surface area contributed by atoms with Gasteiger partial charge in [-0.1, -0.05) is 31.0 Å². The Morgan fingerprint density at radius 3 is 2.71 bits per heavy atom. The third-order valence-electron chi connectivity index (χ3n) is 3.64. The Morgan fingerprint density at radius 2 is 1.95 bits per heavy atom. The van der Waals surface area contributed by atoms with Crippen LogP contribution in [0.25, 0.3) is 11.0 Å². The second-order valence-corrected chi connectivity index (χ2v) is 5.45. The Kier molecular flexibility index (Phi) is 5.81. The Bertz CT molecular complexity index is 544. The van der Waals surface area contributed by atoms with Gasteiger partial charge in [0.15, 0.2) is 0 Å². The molecule has 0 saturated carbocycles. The third-order valence-corrected chi connectivity index (χ3v) is 3.64. The van der Waals surface area contributed by atoms with Crippen molar-refractivity contribution in [2.24, 2.45) is 5.73 Å². The van der Waals surface area contributed by atoms with Gasteiger partial charge in [-0.2, -0.15) is 0 Å². The lowest BCUT2D eigenvalue weighted by Gasteiger charge is -2.15. The van der Waals surface area contributed by atoms with Crippen molar-refractivity contribution in [2.75, 3.05) is 13.6 Å². The summed E-state index contributed by atoms with van der Waals surface area (Å²) in [6, 6.07) is 9.89. The van der Waals surface area contributed by atoms with Crippen LogP contribution >= 0.6 is 0 Å². The van der Waals surface area contributed by atoms with Crippen LogP contribution in [0.2, 0.25) is 0 Å². The number of unbranched alkanes of at least 4 members (excludes halogenated alkanes) is 3. The topological polar surface area (TPSA) is 59.5 Å². The Balaban J connectivity index is 1.80. The molecule has 1 amide bonds. The standard InChI is InChI=1S/C17H24N2O2/c1-19(17(20)10-4-2-3-7-11-18)13-15-12-14-8-5-6-9-16(14)21-15/h5-6,8-9,12H,2-4,7,10-11,13,18H2,1H3. The first-order valence-corrected chi connectivity index (χ1v) is 7.62. The lowest BCUT2D eigenvalue weighted by molar-refractivity contribution is -0.130. The molecule has 4 heteroatoms. The van der Waals surface area contributed by atoms with E-state index in [0.29, 0.717) is 13.0 Å². The van der Waals surface area contributed by atoms with E-state index >= 15 is 0 Å². The van der Waals surface area contributed by atoms with E-state index in [9.17, 15) is 4.79 Å². The molecule has 0 unspecified atom stereocenters. The van der Waals surface area contributed by atoms with Gasteiger partial charge >= 0.3 is 0 Å². The zero-order valence-electron chi connectivity index (χ0n) is 12.7. The maximum absolute atomic E-state index is 12.1. The molecule has 4 nitrogen and oxygen atoms in total. The average Bonchev–Trinajstić information content (AvgIpc) is 2.88. The number of hydrogen-bond acceptors (Lipinski definition) is 3. The summed E-state index contributed by atoms with van der Waals surface area (Å²) in [5.41, 5.74) is 6.32. The fourth-order valence-electron chi connectivity index (χ4n) is 2.40. The lowest BCUT2D eigenvalue weighted by atomic mass is 10.1. The van der Waals surface area contributed by atoms with Crippen LogP contribution in [0.1, 0.15) is 37.9 Å². The molecule has 0 radical (unpaired) electrons. The normalized spacial score (nSPS) is 11.0. The first-order valence-electron chi connectivity index (χ1n) is 7.62. The number of nitrogens with two attached hydrogens (primary N) is 1. The van der Waals surface area contributed by atoms with E-state index in [1.165, 1.54) is 0 Å². The predicted molar refractivity (Wildman–Crippen MR) is 84.8 cm³/mol. The molecule has 0 spiro atoms. The Morgan fingerprint density at radius 1 is 1.19 bits per heavy atom. The average molecular weight is 288 g/mol. The summed E-state index contributed by atoms with van der Waals surface area (Å²) in [6.45, 7) is 1.26. The van der Waals surface area contributed by atoms with Crippen LogP contribution < -0.4 is 5.73 Å². The minimum atomic E-state index is 0.170. The molecule has 0 saturated heterocycles. The van der Waals surface area contributed by atoms with Crippen molar-refractivity contribution in [3.63, 3.8) is 0 Å². The summed E-state index contributed by atoms with van der Waals surface area (Å²) in [7, 11) is 1.83. The van der Waals surface area contributed by atoms with E-state index in [2.05, 4.69) is 0 Å². The number of carbonyl (C=O) groups is 1. The maximum Gasteiger partial charge on any atom is 0.222 e. The number of benzene rings is 1. The van der Waals surface area contributed by atoms with Gasteiger partial charge in [0.1, 0.15) is 11.3 Å². The third kappa shape index (κ3) is 4.60. The molecule has 0 aliphatic carbocycles. The van der Waals surface area contributed by atoms with Crippen molar-refractivity contribution in [1.82, 2.24) is 4.90 Å². The summed E-state index contributed by atoms with van der Waals surface area (Å²) in [5.74, 6) is 0.999. The van der Waals surface area contributed by atoms with Crippen molar-refractivity contribution in [1.29, 1.82) is 0 Å². The molecule has 1 aromatic heterocycles. The molecular weight excluding hydrogens is 264 g/mol. The van der Waals surface area contributed by atoms with E-state index in [-0.39, 0.29) is 5.91 Å². The number of para-hydroxylation sites is 1. The lowest BCUT2D eigenvalue weighted by Crippen LogP contribution is -2.25. The zero-order valence-corrected chi connectivity index (χ0v) is 12.7. The van der Waals surface area contributed by atoms with Crippen LogP contribution in [-0.4, -0.2) is 24.4 Å². The van der Waals surface area contributed by atoms with Crippen molar-refractivity contribution in [3.05, 3.63) is 36.1 Å². The van der Waals surface area contributed by atoms with Crippen LogP contribution in [0.4, 0.5) is 0 Å². The number of nitrogens with zero attached hydrogens (tertiary/aromatic N) is 1. The van der Waals surface area contributed by atoms with E-state index < -0.39 is 0 Å². The highest BCUT2D eigenvalue weighted by Gasteiger charge is 2.11. The number of fused-ring (bicyclic) bond motifs is 1.